The molecule has 0 unspecified atom stereocenters. The molecule has 1 heterocycles. The molecule has 0 aromatic heterocycles. The molecule has 1 aliphatic rings. The van der Waals surface area contributed by atoms with Crippen LogP contribution < -0.4 is 9.47 Å². The fraction of sp³-hybridized carbons (Fsp3) is 0.300. The zero-order chi connectivity index (χ0) is 27.4. The number of nitrogens with zero attached hydrogens (tertiary/aromatic N) is 1. The number of thioether (sulfide) groups is 1. The van der Waals surface area contributed by atoms with Crippen molar-refractivity contribution in [1.82, 2.24) is 4.90 Å². The molecule has 3 aromatic carbocycles. The zero-order valence-corrected chi connectivity index (χ0v) is 23.3. The second kappa shape index (κ2) is 11.6. The number of carbonyl (C=O) groups is 3. The van der Waals surface area contributed by atoms with E-state index in [2.05, 4.69) is 0 Å². The fourth-order valence-electron chi connectivity index (χ4n) is 4.37. The predicted octanol–water partition coefficient (Wildman–Crippen LogP) is 6.91. The molecule has 0 N–H and O–H groups in total. The summed E-state index contributed by atoms with van der Waals surface area (Å²) in [4.78, 5) is 41.4. The molecule has 0 saturated carbocycles. The summed E-state index contributed by atoms with van der Waals surface area (Å²) in [7, 11) is 0. The van der Waals surface area contributed by atoms with Gasteiger partial charge >= 0.3 is 6.09 Å². The summed E-state index contributed by atoms with van der Waals surface area (Å²) < 4.78 is 11.5. The van der Waals surface area contributed by atoms with Crippen molar-refractivity contribution in [2.24, 2.45) is 5.92 Å². The molecule has 0 spiro atoms. The number of likely N-dealkylation sites (tertiary alicyclic amines) is 1. The molecular weight excluding hydrogens is 522 g/mol. The van der Waals surface area contributed by atoms with Crippen LogP contribution in [-0.2, 0) is 4.79 Å². The van der Waals surface area contributed by atoms with Crippen LogP contribution in [0.5, 0.6) is 11.5 Å². The summed E-state index contributed by atoms with van der Waals surface area (Å²) in [6.45, 7) is 5.44. The lowest BCUT2D eigenvalue weighted by molar-refractivity contribution is -0.129. The monoisotopic (exact) mass is 551 g/mol. The lowest BCUT2D eigenvalue weighted by Crippen LogP contribution is -2.36. The number of Topliss-reactive ketones (excluding diaryl/α,β-unsaturated/α-hetero) is 2. The van der Waals surface area contributed by atoms with Crippen LogP contribution in [0.15, 0.2) is 77.7 Å². The first-order valence-corrected chi connectivity index (χ1v) is 13.9. The van der Waals surface area contributed by atoms with E-state index in [-0.39, 0.29) is 24.0 Å². The molecule has 4 rings (SSSR count). The van der Waals surface area contributed by atoms with Gasteiger partial charge in [0.2, 0.25) is 0 Å². The van der Waals surface area contributed by atoms with Crippen molar-refractivity contribution in [3.8, 4) is 11.5 Å². The Bertz CT molecular complexity index is 1320. The van der Waals surface area contributed by atoms with Crippen molar-refractivity contribution in [3.63, 3.8) is 0 Å². The van der Waals surface area contributed by atoms with Gasteiger partial charge in [-0.25, -0.2) is 4.79 Å². The average Bonchev–Trinajstić information content (AvgIpc) is 3.35. The van der Waals surface area contributed by atoms with Crippen LogP contribution in [0.25, 0.3) is 0 Å². The van der Waals surface area contributed by atoms with Crippen LogP contribution >= 0.6 is 23.4 Å². The molecule has 8 heteroatoms. The molecule has 38 heavy (non-hydrogen) atoms. The number of hydrogen-bond donors (Lipinski definition) is 0. The number of halogens is 1. The van der Waals surface area contributed by atoms with E-state index >= 15 is 0 Å². The van der Waals surface area contributed by atoms with Gasteiger partial charge in [-0.05, 0) is 81.1 Å². The standard InChI is InChI=1S/C30H30ClNO5S/c1-19(33)30(2,3)37-24-7-5-6-21(16-24)26-17-32(29(35)36-23-12-10-22(31)11-13-23)18-27(26)28(34)20-8-14-25(38-4)15-9-20/h5-16,26-27H,17-18H2,1-4H3/t26-,27+/m0/s1. The van der Waals surface area contributed by atoms with Gasteiger partial charge in [-0.15, -0.1) is 11.8 Å². The largest absolute Gasteiger partial charge is 0.480 e. The number of ether oxygens (including phenoxy) is 2. The lowest BCUT2D eigenvalue weighted by Gasteiger charge is -2.24. The summed E-state index contributed by atoms with van der Waals surface area (Å²) in [6.07, 6.45) is 1.45. The van der Waals surface area contributed by atoms with E-state index < -0.39 is 17.6 Å². The Morgan fingerprint density at radius 1 is 0.947 bits per heavy atom. The molecule has 0 radical (unpaired) electrons. The van der Waals surface area contributed by atoms with E-state index in [9.17, 15) is 14.4 Å². The van der Waals surface area contributed by atoms with Gasteiger partial charge in [0.05, 0.1) is 0 Å². The minimum atomic E-state index is -0.989. The highest BCUT2D eigenvalue weighted by Crippen LogP contribution is 2.37. The third-order valence-corrected chi connectivity index (χ3v) is 7.81. The van der Waals surface area contributed by atoms with Crippen molar-refractivity contribution < 1.29 is 23.9 Å². The topological polar surface area (TPSA) is 72.9 Å². The Morgan fingerprint density at radius 3 is 2.26 bits per heavy atom. The average molecular weight is 552 g/mol. The van der Waals surface area contributed by atoms with Gasteiger partial charge in [0.1, 0.15) is 11.5 Å². The second-order valence-corrected chi connectivity index (χ2v) is 11.1. The minimum absolute atomic E-state index is 0.0418. The number of benzene rings is 3. The van der Waals surface area contributed by atoms with Gasteiger partial charge in [0, 0.05) is 40.4 Å². The molecule has 1 aliphatic heterocycles. The van der Waals surface area contributed by atoms with Crippen LogP contribution in [0.3, 0.4) is 0 Å². The third-order valence-electron chi connectivity index (χ3n) is 6.82. The first-order chi connectivity index (χ1) is 18.1. The molecule has 0 bridgehead atoms. The maximum absolute atomic E-state index is 13.7. The summed E-state index contributed by atoms with van der Waals surface area (Å²) in [6, 6.07) is 21.4. The van der Waals surface area contributed by atoms with Gasteiger partial charge in [0.15, 0.2) is 17.2 Å². The smallest absolute Gasteiger partial charge is 0.415 e. The quantitative estimate of drug-likeness (QED) is 0.224. The van der Waals surface area contributed by atoms with Gasteiger partial charge in [-0.2, -0.15) is 0 Å². The molecule has 6 nitrogen and oxygen atoms in total. The molecule has 1 saturated heterocycles. The molecule has 0 aliphatic carbocycles. The van der Waals surface area contributed by atoms with Gasteiger partial charge in [0.25, 0.3) is 0 Å². The van der Waals surface area contributed by atoms with Crippen LogP contribution in [-0.4, -0.2) is 47.5 Å². The zero-order valence-electron chi connectivity index (χ0n) is 21.8. The Hall–Kier alpha value is -3.29. The van der Waals surface area contributed by atoms with Crippen LogP contribution in [0.4, 0.5) is 4.79 Å². The van der Waals surface area contributed by atoms with Crippen LogP contribution in [0.2, 0.25) is 5.02 Å². The molecule has 198 valence electrons. The summed E-state index contributed by atoms with van der Waals surface area (Å²) in [5, 5.41) is 0.541. The molecule has 3 aromatic rings. The van der Waals surface area contributed by atoms with E-state index in [1.807, 2.05) is 48.7 Å². The van der Waals surface area contributed by atoms with Crippen molar-refractivity contribution in [2.45, 2.75) is 37.2 Å². The fourth-order valence-corrected chi connectivity index (χ4v) is 4.90. The molecular formula is C30H30ClNO5S. The SMILES string of the molecule is CSc1ccc(C(=O)[C@@H]2CN(C(=O)Oc3ccc(Cl)cc3)C[C@H]2c2cccc(OC(C)(C)C(C)=O)c2)cc1. The van der Waals surface area contributed by atoms with Gasteiger partial charge in [-0.3, -0.25) is 9.59 Å². The van der Waals surface area contributed by atoms with Crippen LogP contribution in [0, 0.1) is 5.92 Å². The number of ketones is 2. The number of amides is 1. The summed E-state index contributed by atoms with van der Waals surface area (Å²) >= 11 is 7.55. The van der Waals surface area contributed by atoms with E-state index in [1.165, 1.54) is 6.92 Å². The van der Waals surface area contributed by atoms with Crippen molar-refractivity contribution >= 4 is 41.0 Å². The Morgan fingerprint density at radius 2 is 1.63 bits per heavy atom. The second-order valence-electron chi connectivity index (χ2n) is 9.77. The van der Waals surface area contributed by atoms with Crippen molar-refractivity contribution in [1.29, 1.82) is 0 Å². The highest BCUT2D eigenvalue weighted by Gasteiger charge is 2.41. The number of hydrogen-bond acceptors (Lipinski definition) is 6. The Labute approximate surface area is 232 Å². The maximum atomic E-state index is 13.7. The van der Waals surface area contributed by atoms with E-state index in [1.54, 1.807) is 60.8 Å². The van der Waals surface area contributed by atoms with E-state index in [4.69, 9.17) is 21.1 Å². The predicted molar refractivity (Wildman–Crippen MR) is 150 cm³/mol. The van der Waals surface area contributed by atoms with Crippen LogP contribution in [0.1, 0.15) is 42.6 Å². The first-order valence-electron chi connectivity index (χ1n) is 12.3. The summed E-state index contributed by atoms with van der Waals surface area (Å²) in [5.74, 6) is -0.00410. The molecule has 1 amide bonds. The maximum Gasteiger partial charge on any atom is 0.415 e. The summed E-state index contributed by atoms with van der Waals surface area (Å²) in [5.41, 5.74) is 0.454. The van der Waals surface area contributed by atoms with E-state index in [0.717, 1.165) is 10.5 Å². The van der Waals surface area contributed by atoms with Gasteiger partial charge < -0.3 is 14.4 Å². The minimum Gasteiger partial charge on any atom is -0.480 e. The number of rotatable bonds is 8. The molecule has 1 fully saturated rings. The highest BCUT2D eigenvalue weighted by atomic mass is 35.5. The first kappa shape index (κ1) is 27.7. The third kappa shape index (κ3) is 6.40. The lowest BCUT2D eigenvalue weighted by atomic mass is 9.84. The van der Waals surface area contributed by atoms with Crippen molar-refractivity contribution in [3.05, 3.63) is 88.9 Å². The normalized spacial score (nSPS) is 17.2. The van der Waals surface area contributed by atoms with Gasteiger partial charge in [-0.1, -0.05) is 35.9 Å². The van der Waals surface area contributed by atoms with Crippen molar-refractivity contribution in [2.75, 3.05) is 19.3 Å². The van der Waals surface area contributed by atoms with E-state index in [0.29, 0.717) is 28.6 Å². The number of carbonyl (C=O) groups excluding carboxylic acids is 3. The highest BCUT2D eigenvalue weighted by molar-refractivity contribution is 7.98. The Kier molecular flexibility index (Phi) is 8.48. The molecule has 2 atom stereocenters. The Balaban J connectivity index is 1.62.